The fourth-order valence-corrected chi connectivity index (χ4v) is 2.36. The second kappa shape index (κ2) is 7.41. The van der Waals surface area contributed by atoms with Crippen LogP contribution in [0.5, 0.6) is 0 Å². The molecular formula is C10H16BO7P. The monoisotopic (exact) mass is 290 g/mol. The van der Waals surface area contributed by atoms with Crippen molar-refractivity contribution in [3.63, 3.8) is 0 Å². The van der Waals surface area contributed by atoms with Gasteiger partial charge >= 0.3 is 7.82 Å². The zero-order valence-electron chi connectivity index (χ0n) is 10.7. The summed E-state index contributed by atoms with van der Waals surface area (Å²) in [5.74, 6) is 2.28. The number of phosphoric ester groups is 1. The number of methoxy groups -OCH3 is 1. The summed E-state index contributed by atoms with van der Waals surface area (Å²) in [6.07, 6.45) is 2.74. The Morgan fingerprint density at radius 2 is 2.16 bits per heavy atom. The van der Waals surface area contributed by atoms with E-state index in [1.807, 2.05) is 0 Å². The van der Waals surface area contributed by atoms with E-state index in [0.29, 0.717) is 0 Å². The van der Waals surface area contributed by atoms with Gasteiger partial charge in [0.15, 0.2) is 0 Å². The zero-order chi connectivity index (χ0) is 14.5. The van der Waals surface area contributed by atoms with Crippen molar-refractivity contribution in [2.24, 2.45) is 0 Å². The van der Waals surface area contributed by atoms with Gasteiger partial charge < -0.3 is 19.1 Å². The highest BCUT2D eigenvalue weighted by Gasteiger charge is 2.47. The number of ether oxygens (including phenoxy) is 3. The predicted octanol–water partition coefficient (Wildman–Crippen LogP) is -0.323. The molecule has 0 saturated carbocycles. The fourth-order valence-electron chi connectivity index (χ4n) is 1.71. The molecule has 1 saturated heterocycles. The van der Waals surface area contributed by atoms with Crippen LogP contribution in [0.15, 0.2) is 0 Å². The van der Waals surface area contributed by atoms with Crippen molar-refractivity contribution in [2.45, 2.75) is 24.3 Å². The lowest BCUT2D eigenvalue weighted by atomic mass is 9.93. The van der Waals surface area contributed by atoms with Crippen LogP contribution in [0.1, 0.15) is 0 Å². The van der Waals surface area contributed by atoms with Crippen molar-refractivity contribution in [2.75, 3.05) is 27.4 Å². The molecule has 1 N–H and O–H groups in total. The average Bonchev–Trinajstić information content (AvgIpc) is 2.63. The maximum absolute atomic E-state index is 11.5. The summed E-state index contributed by atoms with van der Waals surface area (Å²) in [5, 5.41) is 0. The standard InChI is InChI=1S/C10H16BO7P/c1-4-5-16-9-8(18-19(12,13)15-3)7(6-14-2)17-10(9)11/h1,7-10H,5-6H2,2-3H3,(H,12,13)/t7-,8+,9?,10-/m1/s1. The largest absolute Gasteiger partial charge is 0.472 e. The molecule has 7 nitrogen and oxygen atoms in total. The van der Waals surface area contributed by atoms with Crippen molar-refractivity contribution >= 4 is 15.7 Å². The lowest BCUT2D eigenvalue weighted by Gasteiger charge is -2.24. The topological polar surface area (TPSA) is 83.5 Å². The molecule has 0 spiro atoms. The maximum atomic E-state index is 11.5. The minimum absolute atomic E-state index is 0.0238. The second-order valence-electron chi connectivity index (χ2n) is 3.80. The van der Waals surface area contributed by atoms with Gasteiger partial charge in [-0.15, -0.1) is 6.42 Å². The van der Waals surface area contributed by atoms with Gasteiger partial charge in [0.05, 0.1) is 6.61 Å². The van der Waals surface area contributed by atoms with Crippen LogP contribution < -0.4 is 0 Å². The lowest BCUT2D eigenvalue weighted by molar-refractivity contribution is -0.0289. The molecule has 2 unspecified atom stereocenters. The predicted molar refractivity (Wildman–Crippen MR) is 66.6 cm³/mol. The van der Waals surface area contributed by atoms with Crippen molar-refractivity contribution < 1.29 is 32.7 Å². The van der Waals surface area contributed by atoms with Gasteiger partial charge in [0, 0.05) is 20.2 Å². The lowest BCUT2D eigenvalue weighted by Crippen LogP contribution is -2.38. The molecule has 0 aliphatic carbocycles. The van der Waals surface area contributed by atoms with E-state index >= 15 is 0 Å². The van der Waals surface area contributed by atoms with Gasteiger partial charge in [-0.1, -0.05) is 5.92 Å². The minimum Gasteiger partial charge on any atom is -0.382 e. The van der Waals surface area contributed by atoms with E-state index in [-0.39, 0.29) is 13.2 Å². The van der Waals surface area contributed by atoms with Crippen LogP contribution in [0.3, 0.4) is 0 Å². The van der Waals surface area contributed by atoms with Gasteiger partial charge in [0.1, 0.15) is 32.8 Å². The van der Waals surface area contributed by atoms with E-state index < -0.39 is 32.1 Å². The first-order valence-corrected chi connectivity index (χ1v) is 6.96. The second-order valence-corrected chi connectivity index (χ2v) is 5.31. The van der Waals surface area contributed by atoms with E-state index in [4.69, 9.17) is 33.0 Å². The molecule has 0 aromatic carbocycles. The van der Waals surface area contributed by atoms with Crippen LogP contribution in [0.2, 0.25) is 0 Å². The maximum Gasteiger partial charge on any atom is 0.472 e. The Bertz CT molecular complexity index is 371. The molecule has 1 aliphatic rings. The summed E-state index contributed by atoms with van der Waals surface area (Å²) in [7, 11) is 4.03. The van der Waals surface area contributed by atoms with Gasteiger partial charge in [-0.3, -0.25) is 9.05 Å². The molecule has 2 radical (unpaired) electrons. The van der Waals surface area contributed by atoms with E-state index in [1.165, 1.54) is 7.11 Å². The third-order valence-electron chi connectivity index (χ3n) is 2.52. The quantitative estimate of drug-likeness (QED) is 0.390. The van der Waals surface area contributed by atoms with E-state index in [2.05, 4.69) is 10.4 Å². The van der Waals surface area contributed by atoms with Crippen LogP contribution in [0.4, 0.5) is 0 Å². The van der Waals surface area contributed by atoms with Crippen LogP contribution in [0, 0.1) is 12.3 Å². The highest BCUT2D eigenvalue weighted by molar-refractivity contribution is 7.47. The molecule has 19 heavy (non-hydrogen) atoms. The Kier molecular flexibility index (Phi) is 6.50. The van der Waals surface area contributed by atoms with Crippen LogP contribution in [-0.2, 0) is 27.8 Å². The Morgan fingerprint density at radius 1 is 1.47 bits per heavy atom. The molecule has 1 aliphatic heterocycles. The molecule has 5 atom stereocenters. The summed E-state index contributed by atoms with van der Waals surface area (Å²) in [4.78, 5) is 9.38. The van der Waals surface area contributed by atoms with E-state index in [0.717, 1.165) is 7.11 Å². The molecule has 0 amide bonds. The minimum atomic E-state index is -4.20. The first kappa shape index (κ1) is 16.7. The van der Waals surface area contributed by atoms with Gasteiger partial charge in [0.2, 0.25) is 0 Å². The van der Waals surface area contributed by atoms with E-state index in [1.54, 1.807) is 0 Å². The van der Waals surface area contributed by atoms with Crippen molar-refractivity contribution in [1.82, 2.24) is 0 Å². The molecule has 1 heterocycles. The highest BCUT2D eigenvalue weighted by atomic mass is 31.2. The van der Waals surface area contributed by atoms with Gasteiger partial charge in [0.25, 0.3) is 0 Å². The third-order valence-corrected chi connectivity index (χ3v) is 3.49. The first-order valence-electron chi connectivity index (χ1n) is 5.47. The highest BCUT2D eigenvalue weighted by Crippen LogP contribution is 2.46. The molecule has 0 bridgehead atoms. The Labute approximate surface area is 113 Å². The molecule has 9 heteroatoms. The Morgan fingerprint density at radius 3 is 2.68 bits per heavy atom. The van der Waals surface area contributed by atoms with Gasteiger partial charge in [-0.05, 0) is 0 Å². The van der Waals surface area contributed by atoms with E-state index in [9.17, 15) is 9.46 Å². The molecule has 0 aromatic rings. The van der Waals surface area contributed by atoms with Crippen LogP contribution in [0.25, 0.3) is 0 Å². The van der Waals surface area contributed by atoms with Crippen LogP contribution in [-0.4, -0.2) is 64.5 Å². The number of hydrogen-bond acceptors (Lipinski definition) is 6. The summed E-state index contributed by atoms with van der Waals surface area (Å²) >= 11 is 0. The van der Waals surface area contributed by atoms with Crippen molar-refractivity contribution in [3.05, 3.63) is 0 Å². The summed E-state index contributed by atoms with van der Waals surface area (Å²) in [6.45, 7) is 0.0992. The molecule has 1 fully saturated rings. The number of rotatable bonds is 7. The number of terminal acetylenes is 1. The smallest absolute Gasteiger partial charge is 0.382 e. The molecule has 1 rings (SSSR count). The summed E-state index contributed by atoms with van der Waals surface area (Å²) in [6, 6.07) is -0.838. The third kappa shape index (κ3) is 4.58. The summed E-state index contributed by atoms with van der Waals surface area (Å²) < 4.78 is 36.5. The fraction of sp³-hybridized carbons (Fsp3) is 0.800. The number of hydrogen-bond donors (Lipinski definition) is 1. The molecule has 106 valence electrons. The van der Waals surface area contributed by atoms with Gasteiger partial charge in [-0.2, -0.15) is 0 Å². The zero-order valence-corrected chi connectivity index (χ0v) is 11.6. The number of phosphoric acid groups is 1. The Balaban J connectivity index is 2.81. The van der Waals surface area contributed by atoms with Gasteiger partial charge in [-0.25, -0.2) is 4.57 Å². The first-order chi connectivity index (χ1) is 8.95. The average molecular weight is 290 g/mol. The van der Waals surface area contributed by atoms with Crippen molar-refractivity contribution in [1.29, 1.82) is 0 Å². The summed E-state index contributed by atoms with van der Waals surface area (Å²) in [5.41, 5.74) is 0. The SMILES string of the molecule is [B][C@@H]1O[C@H](COC)[C@H](OP(=O)(O)OC)C1OCC#C. The van der Waals surface area contributed by atoms with Crippen LogP contribution >= 0.6 is 7.82 Å². The normalized spacial score (nSPS) is 33.8. The molecular weight excluding hydrogens is 274 g/mol. The Hall–Kier alpha value is -0.385. The molecule has 0 aromatic heterocycles. The van der Waals surface area contributed by atoms with Crippen molar-refractivity contribution in [3.8, 4) is 12.3 Å².